The second-order valence-corrected chi connectivity index (χ2v) is 3.45. The molecule has 0 atom stereocenters. The highest BCUT2D eigenvalue weighted by atomic mass is 19.1. The second-order valence-electron chi connectivity index (χ2n) is 3.45. The number of hydrogen-bond donors (Lipinski definition) is 0. The lowest BCUT2D eigenvalue weighted by molar-refractivity contribution is 0.192. The van der Waals surface area contributed by atoms with Gasteiger partial charge in [0, 0.05) is 11.8 Å². The molecule has 90 valence electrons. The van der Waals surface area contributed by atoms with Gasteiger partial charge in [-0.25, -0.2) is 8.78 Å². The van der Waals surface area contributed by atoms with Gasteiger partial charge in [0.15, 0.2) is 5.82 Å². The fourth-order valence-corrected chi connectivity index (χ4v) is 1.51. The molecule has 2 rings (SSSR count). The molecule has 0 fully saturated rings. The first kappa shape index (κ1) is 12.0. The van der Waals surface area contributed by atoms with Crippen LogP contribution < -0.4 is 4.74 Å². The van der Waals surface area contributed by atoms with E-state index in [9.17, 15) is 8.78 Å². The molecule has 0 saturated heterocycles. The van der Waals surface area contributed by atoms with Gasteiger partial charge in [0.1, 0.15) is 17.5 Å². The fourth-order valence-electron chi connectivity index (χ4n) is 1.51. The molecule has 2 aromatic rings. The lowest BCUT2D eigenvalue weighted by atomic mass is 10.1. The predicted octanol–water partition coefficient (Wildman–Crippen LogP) is 3.07. The number of rotatable bonds is 3. The molecular weight excluding hydrogens is 238 g/mol. The van der Waals surface area contributed by atoms with Gasteiger partial charge in [-0.3, -0.25) is 4.98 Å². The van der Waals surface area contributed by atoms with Crippen molar-refractivity contribution in [2.45, 2.75) is 0 Å². The number of alkyl halides is 1. The maximum atomic E-state index is 13.7. The Morgan fingerprint density at radius 1 is 1.33 bits per heavy atom. The van der Waals surface area contributed by atoms with Gasteiger partial charge >= 0.3 is 0 Å². The lowest BCUT2D eigenvalue weighted by Gasteiger charge is -2.05. The van der Waals surface area contributed by atoms with Crippen molar-refractivity contribution in [1.82, 2.24) is 4.98 Å². The van der Waals surface area contributed by atoms with E-state index in [0.29, 0.717) is 11.3 Å². The first-order valence-corrected chi connectivity index (χ1v) is 5.09. The van der Waals surface area contributed by atoms with E-state index in [-0.39, 0.29) is 11.3 Å². The van der Waals surface area contributed by atoms with Crippen LogP contribution in [0.1, 0.15) is 5.56 Å². The van der Waals surface area contributed by atoms with Crippen LogP contribution in [0.3, 0.4) is 0 Å². The topological polar surface area (TPSA) is 45.9 Å². The van der Waals surface area contributed by atoms with Crippen molar-refractivity contribution >= 4 is 0 Å². The van der Waals surface area contributed by atoms with Gasteiger partial charge in [0.05, 0.1) is 5.56 Å². The molecule has 0 radical (unpaired) electrons. The molecule has 0 saturated carbocycles. The number of benzene rings is 1. The number of pyridine rings is 1. The summed E-state index contributed by atoms with van der Waals surface area (Å²) in [7, 11) is 0. The Labute approximate surface area is 102 Å². The summed E-state index contributed by atoms with van der Waals surface area (Å²) in [6, 6.07) is 9.19. The van der Waals surface area contributed by atoms with E-state index in [1.165, 1.54) is 12.3 Å². The van der Waals surface area contributed by atoms with Crippen LogP contribution in [0.25, 0.3) is 11.3 Å². The third-order valence-corrected chi connectivity index (χ3v) is 2.30. The standard InChI is InChI=1S/C13H8F2N2O/c14-8-18-11-3-1-2-10(5-11)13-12(15)4-9(6-16)7-17-13/h1-5,7H,8H2. The zero-order valence-corrected chi connectivity index (χ0v) is 9.23. The van der Waals surface area contributed by atoms with E-state index in [4.69, 9.17) is 5.26 Å². The van der Waals surface area contributed by atoms with E-state index in [1.54, 1.807) is 24.3 Å². The first-order chi connectivity index (χ1) is 8.74. The number of nitrogens with zero attached hydrogens (tertiary/aromatic N) is 2. The molecule has 18 heavy (non-hydrogen) atoms. The maximum Gasteiger partial charge on any atom is 0.228 e. The van der Waals surface area contributed by atoms with Crippen molar-refractivity contribution < 1.29 is 13.5 Å². The van der Waals surface area contributed by atoms with E-state index >= 15 is 0 Å². The summed E-state index contributed by atoms with van der Waals surface area (Å²) in [6.45, 7) is -0.952. The highest BCUT2D eigenvalue weighted by molar-refractivity contribution is 5.62. The third-order valence-electron chi connectivity index (χ3n) is 2.30. The van der Waals surface area contributed by atoms with Crippen LogP contribution >= 0.6 is 0 Å². The van der Waals surface area contributed by atoms with E-state index < -0.39 is 12.7 Å². The molecule has 1 aromatic heterocycles. The van der Waals surface area contributed by atoms with Crippen molar-refractivity contribution in [1.29, 1.82) is 5.26 Å². The zero-order chi connectivity index (χ0) is 13.0. The molecule has 0 bridgehead atoms. The molecular formula is C13H8F2N2O. The number of halogens is 2. The molecule has 0 aliphatic rings. The smallest absolute Gasteiger partial charge is 0.228 e. The Morgan fingerprint density at radius 2 is 2.17 bits per heavy atom. The molecule has 0 amide bonds. The molecule has 0 unspecified atom stereocenters. The predicted molar refractivity (Wildman–Crippen MR) is 60.9 cm³/mol. The van der Waals surface area contributed by atoms with Gasteiger partial charge in [-0.15, -0.1) is 0 Å². The fraction of sp³-hybridized carbons (Fsp3) is 0.0769. The van der Waals surface area contributed by atoms with Crippen molar-refractivity contribution in [3.05, 3.63) is 47.9 Å². The molecule has 0 spiro atoms. The molecule has 0 aliphatic carbocycles. The van der Waals surface area contributed by atoms with Crippen LogP contribution in [-0.2, 0) is 0 Å². The Hall–Kier alpha value is -2.48. The van der Waals surface area contributed by atoms with Crippen molar-refractivity contribution in [2.75, 3.05) is 6.86 Å². The van der Waals surface area contributed by atoms with Gasteiger partial charge in [-0.05, 0) is 18.2 Å². The van der Waals surface area contributed by atoms with Crippen molar-refractivity contribution in [2.24, 2.45) is 0 Å². The summed E-state index contributed by atoms with van der Waals surface area (Å²) in [5.41, 5.74) is 0.702. The molecule has 3 nitrogen and oxygen atoms in total. The van der Waals surface area contributed by atoms with Gasteiger partial charge < -0.3 is 4.74 Å². The van der Waals surface area contributed by atoms with Crippen LogP contribution in [0.15, 0.2) is 36.5 Å². The summed E-state index contributed by atoms with van der Waals surface area (Å²) in [6.07, 6.45) is 1.28. The Kier molecular flexibility index (Phi) is 3.49. The van der Waals surface area contributed by atoms with Crippen molar-refractivity contribution in [3.63, 3.8) is 0 Å². The SMILES string of the molecule is N#Cc1cnc(-c2cccc(OCF)c2)c(F)c1. The summed E-state index contributed by atoms with van der Waals surface area (Å²) in [5.74, 6) is -0.313. The van der Waals surface area contributed by atoms with E-state index in [0.717, 1.165) is 6.07 Å². The third kappa shape index (κ3) is 2.43. The molecule has 0 aliphatic heterocycles. The minimum Gasteiger partial charge on any atom is -0.463 e. The number of aromatic nitrogens is 1. The quantitative estimate of drug-likeness (QED) is 0.836. The molecule has 0 N–H and O–H groups in total. The number of nitriles is 1. The van der Waals surface area contributed by atoms with E-state index in [2.05, 4.69) is 9.72 Å². The number of ether oxygens (including phenoxy) is 1. The minimum atomic E-state index is -0.952. The van der Waals surface area contributed by atoms with Crippen LogP contribution in [0, 0.1) is 17.1 Å². The van der Waals surface area contributed by atoms with Crippen LogP contribution in [0.2, 0.25) is 0 Å². The summed E-state index contributed by atoms with van der Waals surface area (Å²) < 4.78 is 30.4. The van der Waals surface area contributed by atoms with Gasteiger partial charge in [-0.1, -0.05) is 12.1 Å². The molecule has 1 aromatic carbocycles. The summed E-state index contributed by atoms with van der Waals surface area (Å²) in [4.78, 5) is 3.87. The average molecular weight is 246 g/mol. The highest BCUT2D eigenvalue weighted by Gasteiger charge is 2.08. The van der Waals surface area contributed by atoms with E-state index in [1.807, 2.05) is 0 Å². The monoisotopic (exact) mass is 246 g/mol. The first-order valence-electron chi connectivity index (χ1n) is 5.09. The largest absolute Gasteiger partial charge is 0.463 e. The molecule has 1 heterocycles. The van der Waals surface area contributed by atoms with Crippen LogP contribution in [0.4, 0.5) is 8.78 Å². The number of hydrogen-bond acceptors (Lipinski definition) is 3. The normalized spacial score (nSPS) is 9.83. The Morgan fingerprint density at radius 3 is 2.83 bits per heavy atom. The minimum absolute atomic E-state index is 0.0957. The van der Waals surface area contributed by atoms with Gasteiger partial charge in [0.25, 0.3) is 0 Å². The Balaban J connectivity index is 2.42. The van der Waals surface area contributed by atoms with Gasteiger partial charge in [0.2, 0.25) is 6.86 Å². The van der Waals surface area contributed by atoms with Gasteiger partial charge in [-0.2, -0.15) is 5.26 Å². The van der Waals surface area contributed by atoms with Crippen molar-refractivity contribution in [3.8, 4) is 23.1 Å². The van der Waals surface area contributed by atoms with Crippen LogP contribution in [-0.4, -0.2) is 11.8 Å². The average Bonchev–Trinajstić information content (AvgIpc) is 2.39. The maximum absolute atomic E-state index is 13.7. The summed E-state index contributed by atoms with van der Waals surface area (Å²) >= 11 is 0. The highest BCUT2D eigenvalue weighted by Crippen LogP contribution is 2.24. The summed E-state index contributed by atoms with van der Waals surface area (Å²) in [5, 5.41) is 8.62. The van der Waals surface area contributed by atoms with Crippen LogP contribution in [0.5, 0.6) is 5.75 Å². The molecule has 5 heteroatoms. The lowest BCUT2D eigenvalue weighted by Crippen LogP contribution is -1.93. The zero-order valence-electron chi connectivity index (χ0n) is 9.23. The Bertz CT molecular complexity index is 608. The second kappa shape index (κ2) is 5.23.